The second-order valence-electron chi connectivity index (χ2n) is 7.38. The first-order valence-corrected chi connectivity index (χ1v) is 8.90. The quantitative estimate of drug-likeness (QED) is 0.579. The number of hydrogen-bond donors (Lipinski definition) is 0. The minimum atomic E-state index is -0.399. The van der Waals surface area contributed by atoms with E-state index in [9.17, 15) is 4.79 Å². The van der Waals surface area contributed by atoms with E-state index in [1.165, 1.54) is 32.1 Å². The molecule has 0 aromatic carbocycles. The minimum absolute atomic E-state index is 0.106. The molecule has 0 aromatic rings. The van der Waals surface area contributed by atoms with E-state index in [-0.39, 0.29) is 6.09 Å². The first-order valence-electron chi connectivity index (χ1n) is 8.90. The number of carbonyl (C=O) groups is 1. The molecule has 0 aliphatic carbocycles. The lowest BCUT2D eigenvalue weighted by Crippen LogP contribution is -2.44. The maximum absolute atomic E-state index is 12.5. The molecular weight excluding hydrogens is 262 g/mol. The van der Waals surface area contributed by atoms with Crippen LogP contribution in [0.1, 0.15) is 92.4 Å². The lowest BCUT2D eigenvalue weighted by Gasteiger charge is -2.32. The first-order chi connectivity index (χ1) is 9.89. The summed E-state index contributed by atoms with van der Waals surface area (Å²) in [6, 6.07) is 0.770. The van der Waals surface area contributed by atoms with Crippen LogP contribution in [0.4, 0.5) is 4.79 Å². The van der Waals surface area contributed by atoms with Crippen molar-refractivity contribution in [2.45, 2.75) is 110 Å². The Balaban J connectivity index is 2.51. The van der Waals surface area contributed by atoms with E-state index in [1.807, 2.05) is 25.7 Å². The molecule has 1 fully saturated rings. The van der Waals surface area contributed by atoms with E-state index in [0.29, 0.717) is 12.1 Å². The van der Waals surface area contributed by atoms with E-state index < -0.39 is 5.60 Å². The molecule has 1 aliphatic heterocycles. The SMILES string of the molecule is CCCCCCC[C@@H]1CC[C@@H](CC)N1C(=O)OC(C)(C)C. The average Bonchev–Trinajstić information content (AvgIpc) is 2.79. The van der Waals surface area contributed by atoms with Crippen molar-refractivity contribution in [1.82, 2.24) is 4.90 Å². The molecule has 1 rings (SSSR count). The zero-order valence-corrected chi connectivity index (χ0v) is 14.8. The predicted molar refractivity (Wildman–Crippen MR) is 88.6 cm³/mol. The summed E-state index contributed by atoms with van der Waals surface area (Å²) >= 11 is 0. The van der Waals surface area contributed by atoms with Gasteiger partial charge in [0.15, 0.2) is 0 Å². The van der Waals surface area contributed by atoms with Crippen LogP contribution in [0, 0.1) is 0 Å². The van der Waals surface area contributed by atoms with Crippen LogP contribution in [0.5, 0.6) is 0 Å². The topological polar surface area (TPSA) is 29.5 Å². The van der Waals surface area contributed by atoms with Gasteiger partial charge in [-0.15, -0.1) is 0 Å². The Kier molecular flexibility index (Phi) is 7.55. The van der Waals surface area contributed by atoms with Gasteiger partial charge in [0, 0.05) is 12.1 Å². The number of ether oxygens (including phenoxy) is 1. The first kappa shape index (κ1) is 18.3. The molecule has 1 heterocycles. The van der Waals surface area contributed by atoms with Gasteiger partial charge < -0.3 is 9.64 Å². The third-order valence-corrected chi connectivity index (χ3v) is 4.34. The van der Waals surface area contributed by atoms with Crippen molar-refractivity contribution in [3.8, 4) is 0 Å². The monoisotopic (exact) mass is 297 g/mol. The maximum Gasteiger partial charge on any atom is 0.410 e. The van der Waals surface area contributed by atoms with Crippen LogP contribution in [0.15, 0.2) is 0 Å². The number of amides is 1. The summed E-state index contributed by atoms with van der Waals surface area (Å²) in [5.41, 5.74) is -0.399. The smallest absolute Gasteiger partial charge is 0.410 e. The maximum atomic E-state index is 12.5. The average molecular weight is 297 g/mol. The van der Waals surface area contributed by atoms with E-state index >= 15 is 0 Å². The summed E-state index contributed by atoms with van der Waals surface area (Å²) in [4.78, 5) is 14.5. The van der Waals surface area contributed by atoms with Crippen molar-refractivity contribution in [2.24, 2.45) is 0 Å². The Labute approximate surface area is 131 Å². The van der Waals surface area contributed by atoms with Crippen LogP contribution in [0.2, 0.25) is 0 Å². The largest absolute Gasteiger partial charge is 0.444 e. The molecule has 3 nitrogen and oxygen atoms in total. The van der Waals surface area contributed by atoms with Crippen LogP contribution in [0.3, 0.4) is 0 Å². The van der Waals surface area contributed by atoms with Crippen molar-refractivity contribution in [3.05, 3.63) is 0 Å². The molecule has 0 N–H and O–H groups in total. The summed E-state index contributed by atoms with van der Waals surface area (Å²) < 4.78 is 5.62. The predicted octanol–water partition coefficient (Wildman–Crippen LogP) is 5.53. The summed E-state index contributed by atoms with van der Waals surface area (Å²) in [5.74, 6) is 0. The Morgan fingerprint density at radius 2 is 1.67 bits per heavy atom. The van der Waals surface area contributed by atoms with Gasteiger partial charge in [-0.05, 0) is 46.5 Å². The number of likely N-dealkylation sites (tertiary alicyclic amines) is 1. The Hall–Kier alpha value is -0.730. The normalized spacial score (nSPS) is 22.6. The van der Waals surface area contributed by atoms with E-state index in [0.717, 1.165) is 25.7 Å². The second kappa shape index (κ2) is 8.65. The third-order valence-electron chi connectivity index (χ3n) is 4.34. The fourth-order valence-electron chi connectivity index (χ4n) is 3.24. The molecule has 0 aromatic heterocycles. The van der Waals surface area contributed by atoms with E-state index in [4.69, 9.17) is 4.74 Å². The Morgan fingerprint density at radius 3 is 2.24 bits per heavy atom. The summed E-state index contributed by atoms with van der Waals surface area (Å²) in [5, 5.41) is 0. The minimum Gasteiger partial charge on any atom is -0.444 e. The zero-order chi connectivity index (χ0) is 15.9. The highest BCUT2D eigenvalue weighted by Crippen LogP contribution is 2.31. The molecule has 21 heavy (non-hydrogen) atoms. The number of unbranched alkanes of at least 4 members (excludes halogenated alkanes) is 4. The van der Waals surface area contributed by atoms with Gasteiger partial charge in [0.25, 0.3) is 0 Å². The van der Waals surface area contributed by atoms with Crippen LogP contribution in [-0.2, 0) is 4.74 Å². The molecule has 0 radical (unpaired) electrons. The highest BCUT2D eigenvalue weighted by Gasteiger charge is 2.37. The standard InChI is InChI=1S/C18H35NO2/c1-6-8-9-10-11-12-16-14-13-15(7-2)19(16)17(20)21-18(3,4)5/h15-16H,6-14H2,1-5H3/t15-,16-/m1/s1. The number of rotatable bonds is 7. The molecule has 1 aliphatic rings. The van der Waals surface area contributed by atoms with Crippen LogP contribution in [-0.4, -0.2) is 28.7 Å². The van der Waals surface area contributed by atoms with E-state index in [2.05, 4.69) is 13.8 Å². The summed E-state index contributed by atoms with van der Waals surface area (Å²) in [7, 11) is 0. The molecule has 0 unspecified atom stereocenters. The number of carbonyl (C=O) groups excluding carboxylic acids is 1. The third kappa shape index (κ3) is 6.27. The highest BCUT2D eigenvalue weighted by atomic mass is 16.6. The molecule has 124 valence electrons. The molecule has 3 heteroatoms. The summed E-state index contributed by atoms with van der Waals surface area (Å²) in [6.07, 6.45) is 10.8. The Morgan fingerprint density at radius 1 is 1.05 bits per heavy atom. The molecule has 2 atom stereocenters. The summed E-state index contributed by atoms with van der Waals surface area (Å²) in [6.45, 7) is 10.3. The molecule has 0 spiro atoms. The van der Waals surface area contributed by atoms with Gasteiger partial charge in [-0.3, -0.25) is 0 Å². The van der Waals surface area contributed by atoms with Gasteiger partial charge in [0.1, 0.15) is 5.60 Å². The van der Waals surface area contributed by atoms with Crippen LogP contribution >= 0.6 is 0 Å². The van der Waals surface area contributed by atoms with Gasteiger partial charge in [-0.1, -0.05) is 46.0 Å². The van der Waals surface area contributed by atoms with Crippen molar-refractivity contribution < 1.29 is 9.53 Å². The highest BCUT2D eigenvalue weighted by molar-refractivity contribution is 5.69. The lowest BCUT2D eigenvalue weighted by molar-refractivity contribution is 0.0134. The zero-order valence-electron chi connectivity index (χ0n) is 14.8. The second-order valence-corrected chi connectivity index (χ2v) is 7.38. The number of nitrogens with zero attached hydrogens (tertiary/aromatic N) is 1. The molecule has 0 bridgehead atoms. The van der Waals surface area contributed by atoms with Gasteiger partial charge in [-0.25, -0.2) is 4.79 Å². The van der Waals surface area contributed by atoms with Crippen molar-refractivity contribution >= 4 is 6.09 Å². The van der Waals surface area contributed by atoms with Gasteiger partial charge in [0.2, 0.25) is 0 Å². The van der Waals surface area contributed by atoms with Gasteiger partial charge in [0.05, 0.1) is 0 Å². The van der Waals surface area contributed by atoms with Gasteiger partial charge >= 0.3 is 6.09 Å². The molecule has 1 saturated heterocycles. The van der Waals surface area contributed by atoms with Crippen molar-refractivity contribution in [3.63, 3.8) is 0 Å². The lowest BCUT2D eigenvalue weighted by atomic mass is 10.0. The number of hydrogen-bond acceptors (Lipinski definition) is 2. The van der Waals surface area contributed by atoms with Gasteiger partial charge in [-0.2, -0.15) is 0 Å². The van der Waals surface area contributed by atoms with Crippen LogP contribution in [0.25, 0.3) is 0 Å². The van der Waals surface area contributed by atoms with Crippen LogP contribution < -0.4 is 0 Å². The van der Waals surface area contributed by atoms with E-state index in [1.54, 1.807) is 0 Å². The fraction of sp³-hybridized carbons (Fsp3) is 0.944. The Bertz CT molecular complexity index is 309. The van der Waals surface area contributed by atoms with Crippen molar-refractivity contribution in [1.29, 1.82) is 0 Å². The molecular formula is C18H35NO2. The fourth-order valence-corrected chi connectivity index (χ4v) is 3.24. The molecule has 0 saturated carbocycles. The molecule has 1 amide bonds. The van der Waals surface area contributed by atoms with Crippen molar-refractivity contribution in [2.75, 3.05) is 0 Å².